The second-order valence-corrected chi connectivity index (χ2v) is 8.47. The second kappa shape index (κ2) is 12.3. The number of nitrogens with one attached hydrogen (secondary N) is 1. The fourth-order valence-electron chi connectivity index (χ4n) is 3.96. The molecule has 3 rings (SSSR count). The molecule has 0 bridgehead atoms. The largest absolute Gasteiger partial charge is 0.501 e. The van der Waals surface area contributed by atoms with E-state index in [-0.39, 0.29) is 37.9 Å². The van der Waals surface area contributed by atoms with E-state index in [1.54, 1.807) is 6.08 Å². The molecular formula is C26H31FN4O6. The molecule has 1 aromatic carbocycles. The molecule has 1 aliphatic rings. The number of aromatic nitrogens is 2. The minimum absolute atomic E-state index is 0.0336. The van der Waals surface area contributed by atoms with Crippen molar-refractivity contribution in [2.45, 2.75) is 38.4 Å². The number of rotatable bonds is 10. The van der Waals surface area contributed by atoms with Crippen LogP contribution in [0, 0.1) is 5.82 Å². The van der Waals surface area contributed by atoms with Crippen LogP contribution in [0.3, 0.4) is 0 Å². The lowest BCUT2D eigenvalue weighted by Gasteiger charge is -2.27. The zero-order valence-electron chi connectivity index (χ0n) is 20.9. The standard InChI is InChI=1S/C26H31FN4O6/c1-5-8-11-37-20-12-17(27)10-9-16(20)13-28-25(34)22-23(33)26(35)31-18(6-2)14-36-15-19(24(31)29-22)30(4)21(32)7-3/h5,7,9-10,12,18-19,33H,1,3,6,8,11,13-15H2,2,4H3,(H,28,34). The highest BCUT2D eigenvalue weighted by Crippen LogP contribution is 2.28. The van der Waals surface area contributed by atoms with Crippen LogP contribution >= 0.6 is 0 Å². The van der Waals surface area contributed by atoms with E-state index < -0.39 is 46.7 Å². The Kier molecular flexibility index (Phi) is 9.18. The molecule has 0 saturated carbocycles. The van der Waals surface area contributed by atoms with E-state index in [4.69, 9.17) is 9.47 Å². The molecule has 198 valence electrons. The van der Waals surface area contributed by atoms with Crippen LogP contribution in [0.5, 0.6) is 11.5 Å². The lowest BCUT2D eigenvalue weighted by molar-refractivity contribution is -0.128. The maximum Gasteiger partial charge on any atom is 0.296 e. The van der Waals surface area contributed by atoms with Gasteiger partial charge in [0.05, 0.1) is 25.9 Å². The maximum absolute atomic E-state index is 13.7. The van der Waals surface area contributed by atoms with Crippen molar-refractivity contribution in [1.82, 2.24) is 19.8 Å². The van der Waals surface area contributed by atoms with Crippen molar-refractivity contribution >= 4 is 11.8 Å². The van der Waals surface area contributed by atoms with E-state index in [2.05, 4.69) is 23.5 Å². The van der Waals surface area contributed by atoms with Gasteiger partial charge in [0.2, 0.25) is 11.7 Å². The van der Waals surface area contributed by atoms with Crippen molar-refractivity contribution in [3.05, 3.63) is 76.8 Å². The zero-order valence-corrected chi connectivity index (χ0v) is 20.9. The van der Waals surface area contributed by atoms with Gasteiger partial charge < -0.3 is 24.8 Å². The minimum Gasteiger partial charge on any atom is -0.501 e. The molecule has 0 radical (unpaired) electrons. The summed E-state index contributed by atoms with van der Waals surface area (Å²) in [5, 5.41) is 13.3. The molecule has 11 heteroatoms. The van der Waals surface area contributed by atoms with Crippen LogP contribution in [0.15, 0.2) is 48.3 Å². The number of halogens is 1. The molecule has 2 aromatic rings. The maximum atomic E-state index is 13.7. The van der Waals surface area contributed by atoms with Crippen LogP contribution in [0.25, 0.3) is 0 Å². The molecule has 0 saturated heterocycles. The van der Waals surface area contributed by atoms with Gasteiger partial charge in [0.1, 0.15) is 23.4 Å². The molecule has 2 unspecified atom stereocenters. The quantitative estimate of drug-likeness (QED) is 0.284. The lowest BCUT2D eigenvalue weighted by atomic mass is 10.1. The van der Waals surface area contributed by atoms with E-state index in [0.29, 0.717) is 18.4 Å². The van der Waals surface area contributed by atoms with Gasteiger partial charge in [-0.15, -0.1) is 6.58 Å². The molecule has 2 N–H and O–H groups in total. The Labute approximate surface area is 214 Å². The van der Waals surface area contributed by atoms with Gasteiger partial charge in [0.25, 0.3) is 11.5 Å². The third-order valence-electron chi connectivity index (χ3n) is 6.09. The Balaban J connectivity index is 1.97. The van der Waals surface area contributed by atoms with Crippen molar-refractivity contribution in [3.63, 3.8) is 0 Å². The number of nitrogens with zero attached hydrogens (tertiary/aromatic N) is 3. The first-order valence-corrected chi connectivity index (χ1v) is 11.9. The number of benzene rings is 1. The number of amides is 2. The fraction of sp³-hybridized carbons (Fsp3) is 0.385. The minimum atomic E-state index is -0.825. The first kappa shape index (κ1) is 27.6. The van der Waals surface area contributed by atoms with Gasteiger partial charge >= 0.3 is 0 Å². The number of likely N-dealkylation sites (N-methyl/N-ethyl adjacent to an activating group) is 1. The topological polar surface area (TPSA) is 123 Å². The summed E-state index contributed by atoms with van der Waals surface area (Å²) in [4.78, 5) is 44.3. The average Bonchev–Trinajstić information content (AvgIpc) is 3.08. The summed E-state index contributed by atoms with van der Waals surface area (Å²) < 4.78 is 26.3. The van der Waals surface area contributed by atoms with Crippen molar-refractivity contribution in [2.24, 2.45) is 0 Å². The van der Waals surface area contributed by atoms with Gasteiger partial charge in [-0.05, 0) is 25.0 Å². The summed E-state index contributed by atoms with van der Waals surface area (Å²) >= 11 is 0. The molecule has 0 fully saturated rings. The van der Waals surface area contributed by atoms with Crippen molar-refractivity contribution < 1.29 is 28.6 Å². The first-order valence-electron chi connectivity index (χ1n) is 11.9. The number of fused-ring (bicyclic) bond motifs is 1. The number of hydrogen-bond donors (Lipinski definition) is 2. The van der Waals surface area contributed by atoms with Gasteiger partial charge in [0, 0.05) is 25.2 Å². The Bertz CT molecular complexity index is 1240. The number of ether oxygens (including phenoxy) is 2. The Morgan fingerprint density at radius 3 is 2.81 bits per heavy atom. The molecule has 2 atom stereocenters. The van der Waals surface area contributed by atoms with Crippen LogP contribution in [0.2, 0.25) is 0 Å². The Morgan fingerprint density at radius 2 is 2.14 bits per heavy atom. The van der Waals surface area contributed by atoms with Gasteiger partial charge in [-0.2, -0.15) is 0 Å². The average molecular weight is 515 g/mol. The summed E-state index contributed by atoms with van der Waals surface area (Å²) in [5.41, 5.74) is -0.820. The molecule has 0 aliphatic carbocycles. The highest BCUT2D eigenvalue weighted by atomic mass is 19.1. The molecule has 2 heterocycles. The number of aromatic hydroxyl groups is 1. The van der Waals surface area contributed by atoms with Gasteiger partial charge in [-0.1, -0.05) is 25.6 Å². The van der Waals surface area contributed by atoms with Crippen LogP contribution in [0.1, 0.15) is 53.7 Å². The molecule has 1 aromatic heterocycles. The molecule has 10 nitrogen and oxygen atoms in total. The van der Waals surface area contributed by atoms with Crippen molar-refractivity contribution in [3.8, 4) is 11.5 Å². The van der Waals surface area contributed by atoms with Crippen LogP contribution in [0.4, 0.5) is 4.39 Å². The smallest absolute Gasteiger partial charge is 0.296 e. The number of carbonyl (C=O) groups excluding carboxylic acids is 2. The lowest BCUT2D eigenvalue weighted by Crippen LogP contribution is -2.38. The van der Waals surface area contributed by atoms with E-state index in [0.717, 1.165) is 6.08 Å². The number of hydrogen-bond acceptors (Lipinski definition) is 7. The van der Waals surface area contributed by atoms with Gasteiger partial charge in [-0.25, -0.2) is 9.37 Å². The third kappa shape index (κ3) is 6.05. The van der Waals surface area contributed by atoms with Gasteiger partial charge in [0.15, 0.2) is 5.69 Å². The van der Waals surface area contributed by atoms with Gasteiger partial charge in [-0.3, -0.25) is 19.0 Å². The highest BCUT2D eigenvalue weighted by Gasteiger charge is 2.34. The second-order valence-electron chi connectivity index (χ2n) is 8.47. The Morgan fingerprint density at radius 1 is 1.38 bits per heavy atom. The van der Waals surface area contributed by atoms with Crippen molar-refractivity contribution in [2.75, 3.05) is 26.9 Å². The molecule has 37 heavy (non-hydrogen) atoms. The third-order valence-corrected chi connectivity index (χ3v) is 6.09. The normalized spacial score (nSPS) is 16.7. The van der Waals surface area contributed by atoms with E-state index in [1.807, 2.05) is 6.92 Å². The van der Waals surface area contributed by atoms with Crippen LogP contribution < -0.4 is 15.6 Å². The molecule has 2 amide bonds. The summed E-state index contributed by atoms with van der Waals surface area (Å²) in [6, 6.07) is 2.65. The predicted molar refractivity (Wildman–Crippen MR) is 134 cm³/mol. The van der Waals surface area contributed by atoms with Crippen molar-refractivity contribution in [1.29, 1.82) is 0 Å². The van der Waals surface area contributed by atoms with Crippen LogP contribution in [-0.2, 0) is 16.1 Å². The van der Waals surface area contributed by atoms with E-state index in [9.17, 15) is 23.9 Å². The Hall–Kier alpha value is -3.99. The van der Waals surface area contributed by atoms with E-state index >= 15 is 0 Å². The predicted octanol–water partition coefficient (Wildman–Crippen LogP) is 2.64. The molecule has 1 aliphatic heterocycles. The fourth-order valence-corrected chi connectivity index (χ4v) is 3.96. The van der Waals surface area contributed by atoms with E-state index in [1.165, 1.54) is 34.7 Å². The van der Waals surface area contributed by atoms with Crippen LogP contribution in [-0.4, -0.2) is 58.2 Å². The first-order chi connectivity index (χ1) is 17.7. The summed E-state index contributed by atoms with van der Waals surface area (Å²) in [7, 11) is 1.51. The zero-order chi connectivity index (χ0) is 27.1. The highest BCUT2D eigenvalue weighted by molar-refractivity contribution is 5.94. The summed E-state index contributed by atoms with van der Waals surface area (Å²) in [6.45, 7) is 9.34. The molecule has 0 spiro atoms. The summed E-state index contributed by atoms with van der Waals surface area (Å²) in [5.74, 6) is -2.21. The molecular weight excluding hydrogens is 483 g/mol. The monoisotopic (exact) mass is 514 g/mol. The number of carbonyl (C=O) groups is 2. The SMILES string of the molecule is C=CCCOc1cc(F)ccc1CNC(=O)c1nc2n(c(=O)c1O)C(CC)COCC2N(C)C(=O)C=C. The summed E-state index contributed by atoms with van der Waals surface area (Å²) in [6.07, 6.45) is 3.82.